The Hall–Kier alpha value is -3.31. The van der Waals surface area contributed by atoms with Crippen LogP contribution >= 0.6 is 15.9 Å². The molecule has 222 valence electrons. The largest absolute Gasteiger partial charge is 0.455 e. The fourth-order valence-electron chi connectivity index (χ4n) is 4.36. The third kappa shape index (κ3) is 5.49. The minimum absolute atomic E-state index is 0.0302. The average Bonchev–Trinajstić information content (AvgIpc) is 3.19. The highest BCUT2D eigenvalue weighted by Crippen LogP contribution is 2.39. The van der Waals surface area contributed by atoms with E-state index in [4.69, 9.17) is 0 Å². The van der Waals surface area contributed by atoms with Crippen molar-refractivity contribution in [3.05, 3.63) is 62.1 Å². The van der Waals surface area contributed by atoms with Gasteiger partial charge in [-0.05, 0) is 28.4 Å². The number of aromatic nitrogens is 2. The fraction of sp³-hybridized carbons (Fsp3) is 0.375. The van der Waals surface area contributed by atoms with Crippen molar-refractivity contribution in [1.29, 1.82) is 0 Å². The van der Waals surface area contributed by atoms with Crippen LogP contribution in [-0.4, -0.2) is 69.1 Å². The van der Waals surface area contributed by atoms with Crippen LogP contribution in [0.4, 0.5) is 40.9 Å². The van der Waals surface area contributed by atoms with Gasteiger partial charge in [-0.3, -0.25) is 14.2 Å². The molecule has 2 aromatic heterocycles. The zero-order valence-corrected chi connectivity index (χ0v) is 22.2. The number of nitrogens with zero attached hydrogens (tertiary/aromatic N) is 3. The predicted octanol–water partition coefficient (Wildman–Crippen LogP) is 3.81. The quantitative estimate of drug-likeness (QED) is 0.348. The summed E-state index contributed by atoms with van der Waals surface area (Å²) in [7, 11) is 0. The molecule has 1 aromatic carbocycles. The van der Waals surface area contributed by atoms with E-state index < -0.39 is 87.8 Å². The van der Waals surface area contributed by atoms with Crippen molar-refractivity contribution in [3.8, 4) is 5.69 Å². The van der Waals surface area contributed by atoms with E-state index in [9.17, 15) is 54.9 Å². The van der Waals surface area contributed by atoms with Crippen molar-refractivity contribution in [2.45, 2.75) is 43.7 Å². The molecular weight excluding hydrogens is 640 g/mol. The van der Waals surface area contributed by atoms with Crippen LogP contribution in [0, 0.1) is 17.5 Å². The second-order valence-corrected chi connectivity index (χ2v) is 10.1. The number of hydrogen-bond donors (Lipinski definition) is 3. The Balaban J connectivity index is 1.96. The van der Waals surface area contributed by atoms with Crippen LogP contribution in [0.2, 0.25) is 0 Å². The first-order valence-electron chi connectivity index (χ1n) is 11.7. The number of anilines is 1. The molecule has 0 aliphatic carbocycles. The molecule has 1 amide bonds. The third-order valence-electron chi connectivity index (χ3n) is 6.47. The summed E-state index contributed by atoms with van der Waals surface area (Å²) in [6.07, 6.45) is -8.86. The summed E-state index contributed by atoms with van der Waals surface area (Å²) in [5.74, 6) is -11.5. The number of rotatable bonds is 6. The van der Waals surface area contributed by atoms with Crippen LogP contribution in [-0.2, 0) is 0 Å². The number of fused-ring (bicyclic) bond motifs is 1. The van der Waals surface area contributed by atoms with Crippen molar-refractivity contribution in [2.24, 2.45) is 0 Å². The molecule has 3 heterocycles. The minimum Gasteiger partial charge on any atom is -0.389 e. The zero-order valence-electron chi connectivity index (χ0n) is 20.6. The van der Waals surface area contributed by atoms with E-state index in [0.29, 0.717) is 10.8 Å². The Morgan fingerprint density at radius 2 is 1.66 bits per heavy atom. The highest BCUT2D eigenvalue weighted by molar-refractivity contribution is 9.10. The highest BCUT2D eigenvalue weighted by atomic mass is 79.9. The number of amides is 1. The lowest BCUT2D eigenvalue weighted by Crippen LogP contribution is -2.55. The van der Waals surface area contributed by atoms with Gasteiger partial charge in [0, 0.05) is 31.4 Å². The number of halogens is 9. The highest BCUT2D eigenvalue weighted by Gasteiger charge is 2.62. The van der Waals surface area contributed by atoms with Crippen LogP contribution < -0.4 is 15.6 Å². The Bertz CT molecular complexity index is 1550. The van der Waals surface area contributed by atoms with Crippen molar-refractivity contribution in [1.82, 2.24) is 14.9 Å². The Morgan fingerprint density at radius 1 is 1.10 bits per heavy atom. The molecule has 0 saturated carbocycles. The van der Waals surface area contributed by atoms with Gasteiger partial charge in [0.05, 0.1) is 22.1 Å². The summed E-state index contributed by atoms with van der Waals surface area (Å²) in [5, 5.41) is 20.8. The lowest BCUT2D eigenvalue weighted by atomic mass is 10.1. The first kappa shape index (κ1) is 30.6. The average molecular weight is 659 g/mol. The lowest BCUT2D eigenvalue weighted by molar-refractivity contribution is -0.292. The minimum atomic E-state index is -6.05. The lowest BCUT2D eigenvalue weighted by Gasteiger charge is -2.28. The maximum atomic E-state index is 14.9. The molecule has 3 aromatic rings. The molecule has 0 radical (unpaired) electrons. The molecule has 17 heteroatoms. The van der Waals surface area contributed by atoms with E-state index in [1.807, 2.05) is 0 Å². The van der Waals surface area contributed by atoms with E-state index >= 15 is 0 Å². The second-order valence-electron chi connectivity index (χ2n) is 9.22. The third-order valence-corrected chi connectivity index (χ3v) is 7.05. The molecule has 0 bridgehead atoms. The summed E-state index contributed by atoms with van der Waals surface area (Å²) in [6, 6.07) is -1.22. The van der Waals surface area contributed by atoms with Gasteiger partial charge < -0.3 is 20.4 Å². The number of aliphatic hydroxyl groups excluding tert-OH is 2. The second kappa shape index (κ2) is 10.8. The smallest absolute Gasteiger partial charge is 0.389 e. The molecule has 1 unspecified atom stereocenters. The molecule has 4 rings (SSSR count). The normalized spacial score (nSPS) is 18.7. The van der Waals surface area contributed by atoms with Gasteiger partial charge in [-0.1, -0.05) is 6.92 Å². The summed E-state index contributed by atoms with van der Waals surface area (Å²) < 4.78 is 111. The SMILES string of the molecule is CCC(NC(=O)c1cn(-c2c(F)cc(F)cc2F)c2nc(N3C[C@@H](O)[C@H](O)C3)c(Br)cc2c1=O)C(F)(F)C(F)(F)F. The predicted molar refractivity (Wildman–Crippen MR) is 132 cm³/mol. The zero-order chi connectivity index (χ0) is 30.6. The van der Waals surface area contributed by atoms with Crippen LogP contribution in [0.5, 0.6) is 0 Å². The van der Waals surface area contributed by atoms with Crippen molar-refractivity contribution in [2.75, 3.05) is 18.0 Å². The van der Waals surface area contributed by atoms with Crippen LogP contribution in [0.1, 0.15) is 23.7 Å². The van der Waals surface area contributed by atoms with E-state index in [1.54, 1.807) is 0 Å². The van der Waals surface area contributed by atoms with E-state index in [1.165, 1.54) is 10.2 Å². The number of β-amino-alcohol motifs (C(OH)–C–C–N with tert-alkyl or cyclic N) is 2. The number of alkyl halides is 5. The van der Waals surface area contributed by atoms with Crippen molar-refractivity contribution < 1.29 is 50.1 Å². The molecule has 1 aliphatic rings. The molecule has 1 aliphatic heterocycles. The van der Waals surface area contributed by atoms with Gasteiger partial charge in [-0.15, -0.1) is 0 Å². The summed E-state index contributed by atoms with van der Waals surface area (Å²) in [5.41, 5.74) is -3.91. The van der Waals surface area contributed by atoms with E-state index in [0.717, 1.165) is 13.0 Å². The number of aliphatic hydroxyl groups is 2. The van der Waals surface area contributed by atoms with Crippen LogP contribution in [0.25, 0.3) is 16.7 Å². The molecule has 1 fully saturated rings. The Labute approximate surface area is 233 Å². The Kier molecular flexibility index (Phi) is 8.09. The van der Waals surface area contributed by atoms with Gasteiger partial charge >= 0.3 is 12.1 Å². The summed E-state index contributed by atoms with van der Waals surface area (Å²) in [6.45, 7) is 0.642. The van der Waals surface area contributed by atoms with Crippen molar-refractivity contribution >= 4 is 38.7 Å². The summed E-state index contributed by atoms with van der Waals surface area (Å²) in [4.78, 5) is 31.8. The summed E-state index contributed by atoms with van der Waals surface area (Å²) >= 11 is 3.14. The Morgan fingerprint density at radius 3 is 2.17 bits per heavy atom. The monoisotopic (exact) mass is 658 g/mol. The number of nitrogens with one attached hydrogen (secondary N) is 1. The van der Waals surface area contributed by atoms with Crippen LogP contribution in [0.15, 0.2) is 33.7 Å². The number of carbonyl (C=O) groups is 1. The van der Waals surface area contributed by atoms with Gasteiger partial charge in [0.15, 0.2) is 17.3 Å². The van der Waals surface area contributed by atoms with Gasteiger partial charge in [0.1, 0.15) is 28.9 Å². The molecule has 0 spiro atoms. The van der Waals surface area contributed by atoms with Gasteiger partial charge in [-0.25, -0.2) is 18.2 Å². The topological polar surface area (TPSA) is 108 Å². The van der Waals surface area contributed by atoms with Gasteiger partial charge in [0.25, 0.3) is 5.91 Å². The van der Waals surface area contributed by atoms with Gasteiger partial charge in [-0.2, -0.15) is 22.0 Å². The number of pyridine rings is 2. The first-order valence-corrected chi connectivity index (χ1v) is 12.5. The first-order chi connectivity index (χ1) is 19.0. The van der Waals surface area contributed by atoms with E-state index in [-0.39, 0.29) is 35.5 Å². The molecule has 1 saturated heterocycles. The standard InChI is InChI=1S/C24H19BrF8N4O4/c1-2-17(23(29,30)24(31,32)33)34-22(41)11-6-37(18-13(27)3-9(26)4-14(18)28)20-10(19(11)40)5-12(25)21(35-20)36-7-15(38)16(39)8-36/h3-6,15-17,38-39H,2,7-8H2,1H3,(H,34,41)/t15-,16-,17?/m1/s1. The molecule has 41 heavy (non-hydrogen) atoms. The maximum Gasteiger partial charge on any atom is 0.455 e. The van der Waals surface area contributed by atoms with Gasteiger partial charge in [0.2, 0.25) is 5.43 Å². The maximum absolute atomic E-state index is 14.9. The fourth-order valence-corrected chi connectivity index (χ4v) is 4.93. The number of carbonyl (C=O) groups excluding carboxylic acids is 1. The molecule has 3 N–H and O–H groups in total. The number of benzene rings is 1. The van der Waals surface area contributed by atoms with Crippen molar-refractivity contribution in [3.63, 3.8) is 0 Å². The molecule has 3 atom stereocenters. The van der Waals surface area contributed by atoms with E-state index in [2.05, 4.69) is 20.9 Å². The van der Waals surface area contributed by atoms with Crippen LogP contribution in [0.3, 0.4) is 0 Å². The molecular formula is C24H19BrF8N4O4. The molecule has 8 nitrogen and oxygen atoms in total. The number of hydrogen-bond acceptors (Lipinski definition) is 6.